The normalized spacial score (nSPS) is 23.2. The van der Waals surface area contributed by atoms with Crippen molar-refractivity contribution in [1.82, 2.24) is 19.8 Å². The molecule has 3 aromatic rings. The van der Waals surface area contributed by atoms with Crippen LogP contribution in [0.5, 0.6) is 5.75 Å². The maximum atomic E-state index is 13.9. The third kappa shape index (κ3) is 4.34. The summed E-state index contributed by atoms with van der Waals surface area (Å²) < 4.78 is 11.7. The zero-order chi connectivity index (χ0) is 22.7. The number of likely N-dealkylation sites (tertiary alicyclic amines) is 1. The average molecular weight is 445 g/mol. The van der Waals surface area contributed by atoms with Crippen LogP contribution in [0.1, 0.15) is 22.6 Å². The first-order valence-corrected chi connectivity index (χ1v) is 11.3. The second kappa shape index (κ2) is 9.29. The predicted octanol–water partition coefficient (Wildman–Crippen LogP) is 2.88. The number of hydrogen-bond acceptors (Lipinski definition) is 6. The lowest BCUT2D eigenvalue weighted by Gasteiger charge is -2.42. The number of methoxy groups -OCH3 is 1. The third-order valence-electron chi connectivity index (χ3n) is 6.58. The minimum absolute atomic E-state index is 0.0451. The molecular formula is C26H28N4O3. The fraction of sp³-hybridized carbons (Fsp3) is 0.346. The van der Waals surface area contributed by atoms with E-state index < -0.39 is 5.60 Å². The van der Waals surface area contributed by atoms with Gasteiger partial charge in [0.15, 0.2) is 5.60 Å². The lowest BCUT2D eigenvalue weighted by Crippen LogP contribution is -2.59. The molecule has 2 aromatic heterocycles. The minimum Gasteiger partial charge on any atom is -0.497 e. The zero-order valence-electron chi connectivity index (χ0n) is 18.8. The van der Waals surface area contributed by atoms with Crippen molar-refractivity contribution in [1.29, 1.82) is 0 Å². The summed E-state index contributed by atoms with van der Waals surface area (Å²) >= 11 is 0. The van der Waals surface area contributed by atoms with Crippen LogP contribution in [0.25, 0.3) is 0 Å². The van der Waals surface area contributed by atoms with Gasteiger partial charge in [-0.25, -0.2) is 0 Å². The molecule has 0 saturated carbocycles. The quantitative estimate of drug-likeness (QED) is 0.583. The highest BCUT2D eigenvalue weighted by molar-refractivity contribution is 5.88. The second-order valence-electron chi connectivity index (χ2n) is 8.68. The zero-order valence-corrected chi connectivity index (χ0v) is 18.8. The molecular weight excluding hydrogens is 416 g/mol. The number of pyridine rings is 2. The van der Waals surface area contributed by atoms with Crippen molar-refractivity contribution in [3.05, 3.63) is 90.0 Å². The summed E-state index contributed by atoms with van der Waals surface area (Å²) in [5.41, 5.74) is 2.31. The van der Waals surface area contributed by atoms with Gasteiger partial charge in [0.05, 0.1) is 13.7 Å². The smallest absolute Gasteiger partial charge is 0.257 e. The Morgan fingerprint density at radius 3 is 2.52 bits per heavy atom. The summed E-state index contributed by atoms with van der Waals surface area (Å²) in [7, 11) is 1.67. The fourth-order valence-electron chi connectivity index (χ4n) is 4.97. The first-order chi connectivity index (χ1) is 16.2. The first-order valence-electron chi connectivity index (χ1n) is 11.3. The van der Waals surface area contributed by atoms with Crippen LogP contribution in [0.4, 0.5) is 0 Å². The van der Waals surface area contributed by atoms with Gasteiger partial charge in [0.1, 0.15) is 5.75 Å². The Balaban J connectivity index is 1.42. The van der Waals surface area contributed by atoms with E-state index in [9.17, 15) is 4.79 Å². The number of ether oxygens (including phenoxy) is 2. The van der Waals surface area contributed by atoms with Gasteiger partial charge in [-0.3, -0.25) is 19.7 Å². The number of hydrogen-bond donors (Lipinski definition) is 0. The number of aromatic nitrogens is 2. The molecule has 0 bridgehead atoms. The van der Waals surface area contributed by atoms with Gasteiger partial charge in [-0.2, -0.15) is 0 Å². The van der Waals surface area contributed by atoms with Gasteiger partial charge >= 0.3 is 0 Å². The van der Waals surface area contributed by atoms with E-state index >= 15 is 0 Å². The number of nitrogens with zero attached hydrogens (tertiary/aromatic N) is 4. The average Bonchev–Trinajstić information content (AvgIpc) is 3.22. The molecule has 7 heteroatoms. The van der Waals surface area contributed by atoms with Crippen LogP contribution in [0.15, 0.2) is 73.3 Å². The number of amides is 1. The highest BCUT2D eigenvalue weighted by Crippen LogP contribution is 2.42. The standard InChI is InChI=1S/C26H28N4O3/c1-32-23-8-6-20(7-9-23)16-29-18-24(22-5-3-11-28-15-22)26(19-29)25(31)30(12-13-33-26)17-21-4-2-10-27-14-21/h2-11,14-15,24H,12-13,16-19H2,1H3/t24-,26-/m1/s1. The fourth-order valence-corrected chi connectivity index (χ4v) is 4.97. The summed E-state index contributed by atoms with van der Waals surface area (Å²) in [5, 5.41) is 0. The van der Waals surface area contributed by atoms with Crippen LogP contribution >= 0.6 is 0 Å². The molecule has 0 radical (unpaired) electrons. The molecule has 4 heterocycles. The Morgan fingerprint density at radius 1 is 1.03 bits per heavy atom. The molecule has 1 amide bonds. The lowest BCUT2D eigenvalue weighted by molar-refractivity contribution is -0.173. The van der Waals surface area contributed by atoms with Crippen molar-refractivity contribution in [2.75, 3.05) is 33.4 Å². The molecule has 0 aliphatic carbocycles. The van der Waals surface area contributed by atoms with E-state index in [-0.39, 0.29) is 11.8 Å². The molecule has 2 aliphatic heterocycles. The molecule has 0 N–H and O–H groups in total. The van der Waals surface area contributed by atoms with E-state index in [4.69, 9.17) is 9.47 Å². The Bertz CT molecular complexity index is 1080. The van der Waals surface area contributed by atoms with Gasteiger partial charge in [0, 0.05) is 63.4 Å². The molecule has 5 rings (SSSR count). The topological polar surface area (TPSA) is 67.8 Å². The van der Waals surface area contributed by atoms with Crippen LogP contribution in [0.3, 0.4) is 0 Å². The van der Waals surface area contributed by atoms with Gasteiger partial charge in [-0.15, -0.1) is 0 Å². The molecule has 170 valence electrons. The molecule has 7 nitrogen and oxygen atoms in total. The predicted molar refractivity (Wildman–Crippen MR) is 124 cm³/mol. The largest absolute Gasteiger partial charge is 0.497 e. The van der Waals surface area contributed by atoms with Gasteiger partial charge in [-0.1, -0.05) is 24.3 Å². The van der Waals surface area contributed by atoms with Crippen LogP contribution in [-0.4, -0.2) is 64.6 Å². The SMILES string of the molecule is COc1ccc(CN2C[C@H](c3cccnc3)[C@@]3(C2)OCCN(Cc2cccnc2)C3=O)cc1. The highest BCUT2D eigenvalue weighted by Gasteiger charge is 2.56. The lowest BCUT2D eigenvalue weighted by atomic mass is 9.83. The summed E-state index contributed by atoms with van der Waals surface area (Å²) in [6, 6.07) is 16.0. The Labute approximate surface area is 194 Å². The van der Waals surface area contributed by atoms with E-state index in [1.54, 1.807) is 19.5 Å². The van der Waals surface area contributed by atoms with Gasteiger partial charge < -0.3 is 14.4 Å². The molecule has 1 spiro atoms. The monoisotopic (exact) mass is 444 g/mol. The van der Waals surface area contributed by atoms with E-state index in [0.29, 0.717) is 26.2 Å². The highest BCUT2D eigenvalue weighted by atomic mass is 16.5. The molecule has 2 saturated heterocycles. The van der Waals surface area contributed by atoms with E-state index in [2.05, 4.69) is 27.0 Å². The van der Waals surface area contributed by atoms with Gasteiger partial charge in [0.25, 0.3) is 5.91 Å². The number of carbonyl (C=O) groups excluding carboxylic acids is 1. The van der Waals surface area contributed by atoms with Crippen LogP contribution in [-0.2, 0) is 22.6 Å². The maximum Gasteiger partial charge on any atom is 0.257 e. The Morgan fingerprint density at radius 2 is 1.82 bits per heavy atom. The molecule has 33 heavy (non-hydrogen) atoms. The molecule has 0 unspecified atom stereocenters. The number of morpholine rings is 1. The molecule has 1 aromatic carbocycles. The van der Waals surface area contributed by atoms with Crippen LogP contribution < -0.4 is 4.74 Å². The second-order valence-corrected chi connectivity index (χ2v) is 8.68. The number of benzene rings is 1. The van der Waals surface area contributed by atoms with Crippen molar-refractivity contribution in [2.45, 2.75) is 24.6 Å². The number of rotatable bonds is 6. The van der Waals surface area contributed by atoms with Crippen molar-refractivity contribution in [3.8, 4) is 5.75 Å². The van der Waals surface area contributed by atoms with Crippen molar-refractivity contribution < 1.29 is 14.3 Å². The van der Waals surface area contributed by atoms with Gasteiger partial charge in [0.2, 0.25) is 0 Å². The molecule has 2 aliphatic rings. The number of carbonyl (C=O) groups is 1. The van der Waals surface area contributed by atoms with Crippen molar-refractivity contribution in [3.63, 3.8) is 0 Å². The maximum absolute atomic E-state index is 13.9. The van der Waals surface area contributed by atoms with Crippen LogP contribution in [0.2, 0.25) is 0 Å². The third-order valence-corrected chi connectivity index (χ3v) is 6.58. The Hall–Kier alpha value is -3.29. The Kier molecular flexibility index (Phi) is 6.07. The van der Waals surface area contributed by atoms with E-state index in [0.717, 1.165) is 30.0 Å². The summed E-state index contributed by atoms with van der Waals surface area (Å²) in [5.74, 6) is 0.791. The summed E-state index contributed by atoms with van der Waals surface area (Å²) in [4.78, 5) is 26.7. The summed E-state index contributed by atoms with van der Waals surface area (Å²) in [6.45, 7) is 3.63. The molecule has 2 atom stereocenters. The van der Waals surface area contributed by atoms with E-state index in [1.165, 1.54) is 5.56 Å². The van der Waals surface area contributed by atoms with Crippen molar-refractivity contribution in [2.24, 2.45) is 0 Å². The van der Waals surface area contributed by atoms with Crippen LogP contribution in [0, 0.1) is 0 Å². The first kappa shape index (κ1) is 21.6. The summed E-state index contributed by atoms with van der Waals surface area (Å²) in [6.07, 6.45) is 7.19. The minimum atomic E-state index is -0.921. The van der Waals surface area contributed by atoms with Crippen molar-refractivity contribution >= 4 is 5.91 Å². The molecule has 2 fully saturated rings. The van der Waals surface area contributed by atoms with E-state index in [1.807, 2.05) is 53.7 Å². The van der Waals surface area contributed by atoms with Gasteiger partial charge in [-0.05, 0) is 41.0 Å².